The number of alkyl halides is 3. The summed E-state index contributed by atoms with van der Waals surface area (Å²) >= 11 is 0. The Kier molecular flexibility index (Phi) is 2.95. The van der Waals surface area contributed by atoms with Crippen LogP contribution in [0.2, 0.25) is 0 Å². The molecule has 72 valence electrons. The first-order valence-electron chi connectivity index (χ1n) is 3.88. The molecule has 1 aliphatic rings. The number of ether oxygens (including phenoxy) is 1. The zero-order chi connectivity index (χ0) is 9.19. The Morgan fingerprint density at radius 2 is 2.08 bits per heavy atom. The van der Waals surface area contributed by atoms with Crippen molar-refractivity contribution < 1.29 is 17.9 Å². The number of methoxy groups -OCH3 is 1. The molecule has 2 nitrogen and oxygen atoms in total. The number of rotatable bonds is 1. The van der Waals surface area contributed by atoms with E-state index in [1.165, 1.54) is 7.11 Å². The van der Waals surface area contributed by atoms with E-state index in [2.05, 4.69) is 5.32 Å². The van der Waals surface area contributed by atoms with Gasteiger partial charge in [0, 0.05) is 7.11 Å². The summed E-state index contributed by atoms with van der Waals surface area (Å²) in [4.78, 5) is 0. The summed E-state index contributed by atoms with van der Waals surface area (Å²) in [5, 5.41) is 2.41. The molecule has 0 aromatic rings. The fourth-order valence-corrected chi connectivity index (χ4v) is 1.44. The lowest BCUT2D eigenvalue weighted by Crippen LogP contribution is -2.54. The predicted molar refractivity (Wildman–Crippen MR) is 37.9 cm³/mol. The monoisotopic (exact) mass is 183 g/mol. The smallest absolute Gasteiger partial charge is 0.379 e. The van der Waals surface area contributed by atoms with Crippen molar-refractivity contribution in [2.75, 3.05) is 13.7 Å². The third-order valence-electron chi connectivity index (χ3n) is 2.06. The van der Waals surface area contributed by atoms with Gasteiger partial charge in [0.05, 0.1) is 6.10 Å². The molecule has 0 saturated carbocycles. The molecule has 0 aromatic heterocycles. The average Bonchev–Trinajstić information content (AvgIpc) is 2.03. The highest BCUT2D eigenvalue weighted by molar-refractivity contribution is 4.87. The Hall–Kier alpha value is -0.290. The van der Waals surface area contributed by atoms with Crippen molar-refractivity contribution in [3.05, 3.63) is 0 Å². The van der Waals surface area contributed by atoms with Crippen molar-refractivity contribution in [3.8, 4) is 0 Å². The van der Waals surface area contributed by atoms with E-state index in [1.54, 1.807) is 0 Å². The predicted octanol–water partition coefficient (Wildman–Crippen LogP) is 1.32. The van der Waals surface area contributed by atoms with Gasteiger partial charge in [-0.1, -0.05) is 0 Å². The van der Waals surface area contributed by atoms with Gasteiger partial charge in [-0.2, -0.15) is 13.2 Å². The fraction of sp³-hybridized carbons (Fsp3) is 1.00. The molecule has 0 spiro atoms. The van der Waals surface area contributed by atoms with Crippen LogP contribution in [0, 0.1) is 0 Å². The molecule has 0 bridgehead atoms. The van der Waals surface area contributed by atoms with Crippen LogP contribution in [0.1, 0.15) is 12.8 Å². The largest absolute Gasteiger partial charge is 0.406 e. The van der Waals surface area contributed by atoms with E-state index in [0.29, 0.717) is 13.0 Å². The second-order valence-corrected chi connectivity index (χ2v) is 2.89. The number of nitrogens with one attached hydrogen (secondary N) is 1. The first-order valence-corrected chi connectivity index (χ1v) is 3.88. The van der Waals surface area contributed by atoms with Crippen molar-refractivity contribution in [3.63, 3.8) is 0 Å². The van der Waals surface area contributed by atoms with E-state index in [-0.39, 0.29) is 0 Å². The number of hydrogen-bond donors (Lipinski definition) is 1. The van der Waals surface area contributed by atoms with Crippen LogP contribution in [-0.4, -0.2) is 32.0 Å². The number of halogens is 3. The van der Waals surface area contributed by atoms with Gasteiger partial charge >= 0.3 is 6.18 Å². The molecular weight excluding hydrogens is 171 g/mol. The lowest BCUT2D eigenvalue weighted by Gasteiger charge is -2.32. The Morgan fingerprint density at radius 3 is 2.50 bits per heavy atom. The van der Waals surface area contributed by atoms with Crippen molar-refractivity contribution in [1.29, 1.82) is 0 Å². The van der Waals surface area contributed by atoms with E-state index in [0.717, 1.165) is 6.42 Å². The minimum Gasteiger partial charge on any atom is -0.379 e. The van der Waals surface area contributed by atoms with E-state index in [9.17, 15) is 13.2 Å². The molecule has 1 fully saturated rings. The summed E-state index contributed by atoms with van der Waals surface area (Å²) in [7, 11) is 1.32. The highest BCUT2D eigenvalue weighted by Crippen LogP contribution is 2.27. The van der Waals surface area contributed by atoms with Gasteiger partial charge < -0.3 is 10.1 Å². The van der Waals surface area contributed by atoms with Gasteiger partial charge in [-0.15, -0.1) is 0 Å². The van der Waals surface area contributed by atoms with Crippen LogP contribution in [0.25, 0.3) is 0 Å². The van der Waals surface area contributed by atoms with E-state index in [1.807, 2.05) is 0 Å². The molecule has 5 heteroatoms. The molecule has 1 N–H and O–H groups in total. The molecular formula is C7H12F3NO. The van der Waals surface area contributed by atoms with Gasteiger partial charge in [0.1, 0.15) is 6.04 Å². The third kappa shape index (κ3) is 2.10. The van der Waals surface area contributed by atoms with Gasteiger partial charge in [-0.3, -0.25) is 0 Å². The highest BCUT2D eigenvalue weighted by atomic mass is 19.4. The lowest BCUT2D eigenvalue weighted by molar-refractivity contribution is -0.187. The standard InChI is InChI=1S/C7H12F3NO/c1-12-5-3-2-4-11-6(5)7(8,9)10/h5-6,11H,2-4H2,1H3/t5-,6+/m0/s1. The minimum atomic E-state index is -4.19. The van der Waals surface area contributed by atoms with E-state index >= 15 is 0 Å². The Morgan fingerprint density at radius 1 is 1.42 bits per heavy atom. The topological polar surface area (TPSA) is 21.3 Å². The first-order chi connectivity index (χ1) is 5.55. The Labute approximate surface area is 69.1 Å². The quantitative estimate of drug-likeness (QED) is 0.661. The van der Waals surface area contributed by atoms with Crippen molar-refractivity contribution >= 4 is 0 Å². The first kappa shape index (κ1) is 9.80. The Bertz CT molecular complexity index is 148. The van der Waals surface area contributed by atoms with Crippen LogP contribution < -0.4 is 5.32 Å². The van der Waals surface area contributed by atoms with Crippen LogP contribution in [-0.2, 0) is 4.74 Å². The zero-order valence-electron chi connectivity index (χ0n) is 6.82. The molecule has 0 amide bonds. The van der Waals surface area contributed by atoms with Gasteiger partial charge in [-0.05, 0) is 19.4 Å². The molecule has 0 aromatic carbocycles. The minimum absolute atomic E-state index is 0.421. The fourth-order valence-electron chi connectivity index (χ4n) is 1.44. The van der Waals surface area contributed by atoms with Crippen molar-refractivity contribution in [2.24, 2.45) is 0 Å². The molecule has 2 atom stereocenters. The zero-order valence-corrected chi connectivity index (χ0v) is 6.82. The molecule has 1 saturated heterocycles. The molecule has 0 radical (unpaired) electrons. The molecule has 0 unspecified atom stereocenters. The highest BCUT2D eigenvalue weighted by Gasteiger charge is 2.45. The van der Waals surface area contributed by atoms with Crippen LogP contribution >= 0.6 is 0 Å². The summed E-state index contributed by atoms with van der Waals surface area (Å²) in [6.07, 6.45) is -3.70. The van der Waals surface area contributed by atoms with Crippen LogP contribution in [0.5, 0.6) is 0 Å². The molecule has 0 aliphatic carbocycles. The van der Waals surface area contributed by atoms with Crippen LogP contribution in [0.3, 0.4) is 0 Å². The van der Waals surface area contributed by atoms with Crippen LogP contribution in [0.15, 0.2) is 0 Å². The molecule has 1 aliphatic heterocycles. The molecule has 1 heterocycles. The summed E-state index contributed by atoms with van der Waals surface area (Å²) < 4.78 is 41.5. The van der Waals surface area contributed by atoms with Crippen LogP contribution in [0.4, 0.5) is 13.2 Å². The number of hydrogen-bond acceptors (Lipinski definition) is 2. The van der Waals surface area contributed by atoms with E-state index < -0.39 is 18.3 Å². The maximum Gasteiger partial charge on any atom is 0.406 e. The maximum atomic E-state index is 12.2. The summed E-state index contributed by atoms with van der Waals surface area (Å²) in [6, 6.07) is -1.49. The second-order valence-electron chi connectivity index (χ2n) is 2.89. The summed E-state index contributed by atoms with van der Waals surface area (Å²) in [5.74, 6) is 0. The summed E-state index contributed by atoms with van der Waals surface area (Å²) in [5.41, 5.74) is 0. The van der Waals surface area contributed by atoms with Crippen molar-refractivity contribution in [2.45, 2.75) is 31.2 Å². The summed E-state index contributed by atoms with van der Waals surface area (Å²) in [6.45, 7) is 0.421. The van der Waals surface area contributed by atoms with E-state index in [4.69, 9.17) is 4.74 Å². The normalized spacial score (nSPS) is 32.0. The lowest BCUT2D eigenvalue weighted by atomic mass is 10.0. The Balaban J connectivity index is 2.59. The third-order valence-corrected chi connectivity index (χ3v) is 2.06. The maximum absolute atomic E-state index is 12.2. The second kappa shape index (κ2) is 3.62. The molecule has 12 heavy (non-hydrogen) atoms. The number of piperidine rings is 1. The average molecular weight is 183 g/mol. The van der Waals surface area contributed by atoms with Gasteiger partial charge in [-0.25, -0.2) is 0 Å². The van der Waals surface area contributed by atoms with Gasteiger partial charge in [0.15, 0.2) is 0 Å². The van der Waals surface area contributed by atoms with Crippen molar-refractivity contribution in [1.82, 2.24) is 5.32 Å². The van der Waals surface area contributed by atoms with Gasteiger partial charge in [0.25, 0.3) is 0 Å². The van der Waals surface area contributed by atoms with Gasteiger partial charge in [0.2, 0.25) is 0 Å². The SMILES string of the molecule is CO[C@H]1CCCN[C@H]1C(F)(F)F. The molecule has 1 rings (SSSR count).